The zero-order chi connectivity index (χ0) is 23.4. The molecule has 1 saturated heterocycles. The molecule has 9 heteroatoms. The molecule has 176 valence electrons. The van der Waals surface area contributed by atoms with Crippen molar-refractivity contribution < 1.29 is 27.1 Å². The Morgan fingerprint density at radius 2 is 1.73 bits per heavy atom. The monoisotopic (exact) mass is 474 g/mol. The highest BCUT2D eigenvalue weighted by atomic mass is 32.2. The Morgan fingerprint density at radius 1 is 1.03 bits per heavy atom. The number of ether oxygens (including phenoxy) is 1. The lowest BCUT2D eigenvalue weighted by atomic mass is 9.98. The van der Waals surface area contributed by atoms with Gasteiger partial charge in [-0.2, -0.15) is 4.31 Å². The molecule has 0 radical (unpaired) electrons. The number of benzene rings is 2. The van der Waals surface area contributed by atoms with Crippen LogP contribution >= 0.6 is 0 Å². The smallest absolute Gasteiger partial charge is 0.309 e. The fourth-order valence-corrected chi connectivity index (χ4v) is 5.82. The summed E-state index contributed by atoms with van der Waals surface area (Å²) in [5, 5.41) is 2.61. The summed E-state index contributed by atoms with van der Waals surface area (Å²) >= 11 is 0. The Bertz CT molecular complexity index is 1130. The van der Waals surface area contributed by atoms with Crippen molar-refractivity contribution in [3.8, 4) is 0 Å². The SMILES string of the molecule is O=C(COC(=O)C1CCN(S(=O)(=O)c2ccc3c(c2)CCC3)CC1)NCc1ccc(F)cc1. The van der Waals surface area contributed by atoms with Crippen LogP contribution in [-0.4, -0.2) is 44.3 Å². The summed E-state index contributed by atoms with van der Waals surface area (Å²) < 4.78 is 45.5. The summed E-state index contributed by atoms with van der Waals surface area (Å²) in [5.41, 5.74) is 3.05. The normalized spacial score (nSPS) is 16.9. The number of carbonyl (C=O) groups excluding carboxylic acids is 2. The van der Waals surface area contributed by atoms with Crippen LogP contribution in [0.3, 0.4) is 0 Å². The first-order chi connectivity index (χ1) is 15.8. The molecule has 0 aromatic heterocycles. The second kappa shape index (κ2) is 10.0. The van der Waals surface area contributed by atoms with E-state index in [2.05, 4.69) is 5.32 Å². The summed E-state index contributed by atoms with van der Waals surface area (Å²) in [5.74, 6) is -1.75. The first kappa shape index (κ1) is 23.4. The molecule has 2 aromatic rings. The van der Waals surface area contributed by atoms with E-state index >= 15 is 0 Å². The van der Waals surface area contributed by atoms with Gasteiger partial charge in [0.05, 0.1) is 10.8 Å². The zero-order valence-corrected chi connectivity index (χ0v) is 19.1. The molecular formula is C24H27FN2O5S. The quantitative estimate of drug-likeness (QED) is 0.623. The van der Waals surface area contributed by atoms with Crippen LogP contribution in [0.25, 0.3) is 0 Å². The number of nitrogens with zero attached hydrogens (tertiary/aromatic N) is 1. The number of rotatable bonds is 7. The molecule has 0 bridgehead atoms. The van der Waals surface area contributed by atoms with Gasteiger partial charge in [-0.3, -0.25) is 9.59 Å². The number of amides is 1. The Kier molecular flexibility index (Phi) is 7.09. The standard InChI is InChI=1S/C24H27FN2O5S/c25-21-7-4-17(5-8-21)15-26-23(28)16-32-24(29)19-10-12-27(13-11-19)33(30,31)22-9-6-18-2-1-3-20(18)14-22/h4-9,14,19H,1-3,10-13,15-16H2,(H,26,28). The van der Waals surface area contributed by atoms with E-state index in [0.29, 0.717) is 17.7 Å². The van der Waals surface area contributed by atoms with Crippen LogP contribution in [0.4, 0.5) is 4.39 Å². The van der Waals surface area contributed by atoms with E-state index in [0.717, 1.165) is 30.4 Å². The lowest BCUT2D eigenvalue weighted by molar-refractivity contribution is -0.153. The van der Waals surface area contributed by atoms with Gasteiger partial charge in [-0.15, -0.1) is 0 Å². The molecule has 1 amide bonds. The molecule has 33 heavy (non-hydrogen) atoms. The van der Waals surface area contributed by atoms with E-state index in [9.17, 15) is 22.4 Å². The Balaban J connectivity index is 1.23. The van der Waals surface area contributed by atoms with E-state index < -0.39 is 34.4 Å². The van der Waals surface area contributed by atoms with Crippen LogP contribution in [0.2, 0.25) is 0 Å². The number of piperidine rings is 1. The Labute approximate surface area is 193 Å². The van der Waals surface area contributed by atoms with E-state index in [1.165, 1.54) is 22.0 Å². The van der Waals surface area contributed by atoms with E-state index in [1.807, 2.05) is 6.07 Å². The summed E-state index contributed by atoms with van der Waals surface area (Å²) in [6.45, 7) is 0.259. The van der Waals surface area contributed by atoms with Crippen molar-refractivity contribution in [1.82, 2.24) is 9.62 Å². The number of halogens is 1. The van der Waals surface area contributed by atoms with Gasteiger partial charge < -0.3 is 10.1 Å². The van der Waals surface area contributed by atoms with Crippen molar-refractivity contribution in [3.63, 3.8) is 0 Å². The van der Waals surface area contributed by atoms with Crippen LogP contribution in [0.1, 0.15) is 36.0 Å². The minimum absolute atomic E-state index is 0.204. The molecule has 7 nitrogen and oxygen atoms in total. The maximum absolute atomic E-state index is 13.0. The highest BCUT2D eigenvalue weighted by molar-refractivity contribution is 7.89. The van der Waals surface area contributed by atoms with Crippen LogP contribution in [0, 0.1) is 11.7 Å². The van der Waals surface area contributed by atoms with Crippen molar-refractivity contribution in [2.45, 2.75) is 43.5 Å². The van der Waals surface area contributed by atoms with Crippen LogP contribution in [-0.2, 0) is 43.7 Å². The van der Waals surface area contributed by atoms with Gasteiger partial charge >= 0.3 is 5.97 Å². The molecule has 0 atom stereocenters. The molecule has 1 aliphatic carbocycles. The lowest BCUT2D eigenvalue weighted by Gasteiger charge is -2.30. The molecule has 2 aromatic carbocycles. The Morgan fingerprint density at radius 3 is 2.45 bits per heavy atom. The molecule has 0 spiro atoms. The molecule has 1 N–H and O–H groups in total. The van der Waals surface area contributed by atoms with Gasteiger partial charge in [0.15, 0.2) is 6.61 Å². The fourth-order valence-electron chi connectivity index (χ4n) is 4.30. The number of carbonyl (C=O) groups is 2. The number of fused-ring (bicyclic) bond motifs is 1. The number of hydrogen-bond acceptors (Lipinski definition) is 5. The summed E-state index contributed by atoms with van der Waals surface area (Å²) in [7, 11) is -3.60. The third kappa shape index (κ3) is 5.59. The molecule has 1 aliphatic heterocycles. The predicted octanol–water partition coefficient (Wildman–Crippen LogP) is 2.57. The second-order valence-electron chi connectivity index (χ2n) is 8.47. The van der Waals surface area contributed by atoms with Crippen LogP contribution < -0.4 is 5.32 Å². The van der Waals surface area contributed by atoms with Crippen molar-refractivity contribution >= 4 is 21.9 Å². The number of sulfonamides is 1. The van der Waals surface area contributed by atoms with E-state index in [1.54, 1.807) is 24.3 Å². The van der Waals surface area contributed by atoms with Crippen LogP contribution in [0.15, 0.2) is 47.4 Å². The third-order valence-corrected chi connectivity index (χ3v) is 8.14. The first-order valence-electron chi connectivity index (χ1n) is 11.1. The van der Waals surface area contributed by atoms with Gasteiger partial charge in [-0.1, -0.05) is 18.2 Å². The molecule has 1 heterocycles. The van der Waals surface area contributed by atoms with Gasteiger partial charge in [0.25, 0.3) is 5.91 Å². The number of hydrogen-bond donors (Lipinski definition) is 1. The van der Waals surface area contributed by atoms with E-state index in [-0.39, 0.29) is 25.5 Å². The van der Waals surface area contributed by atoms with Gasteiger partial charge in [0, 0.05) is 19.6 Å². The van der Waals surface area contributed by atoms with Crippen molar-refractivity contribution in [2.75, 3.05) is 19.7 Å². The first-order valence-corrected chi connectivity index (χ1v) is 12.6. The molecule has 1 fully saturated rings. The van der Waals surface area contributed by atoms with Crippen molar-refractivity contribution in [3.05, 3.63) is 65.0 Å². The second-order valence-corrected chi connectivity index (χ2v) is 10.4. The number of esters is 1. The van der Waals surface area contributed by atoms with Gasteiger partial charge in [0.2, 0.25) is 10.0 Å². The Hall–Kier alpha value is -2.78. The fraction of sp³-hybridized carbons (Fsp3) is 0.417. The molecular weight excluding hydrogens is 447 g/mol. The predicted molar refractivity (Wildman–Crippen MR) is 119 cm³/mol. The molecule has 2 aliphatic rings. The maximum Gasteiger partial charge on any atom is 0.309 e. The van der Waals surface area contributed by atoms with Gasteiger partial charge in [0.1, 0.15) is 5.82 Å². The topological polar surface area (TPSA) is 92.8 Å². The average Bonchev–Trinajstić information content (AvgIpc) is 3.30. The van der Waals surface area contributed by atoms with Gasteiger partial charge in [-0.05, 0) is 73.1 Å². The van der Waals surface area contributed by atoms with Gasteiger partial charge in [-0.25, -0.2) is 12.8 Å². The highest BCUT2D eigenvalue weighted by Crippen LogP contribution is 2.28. The maximum atomic E-state index is 13.0. The van der Waals surface area contributed by atoms with Crippen LogP contribution in [0.5, 0.6) is 0 Å². The molecule has 0 unspecified atom stereocenters. The third-order valence-electron chi connectivity index (χ3n) is 6.24. The largest absolute Gasteiger partial charge is 0.455 e. The summed E-state index contributed by atoms with van der Waals surface area (Å²) in [4.78, 5) is 24.6. The minimum atomic E-state index is -3.60. The van der Waals surface area contributed by atoms with E-state index in [4.69, 9.17) is 4.74 Å². The van der Waals surface area contributed by atoms with Crippen molar-refractivity contribution in [1.29, 1.82) is 0 Å². The van der Waals surface area contributed by atoms with Crippen molar-refractivity contribution in [2.24, 2.45) is 5.92 Å². The summed E-state index contributed by atoms with van der Waals surface area (Å²) in [6.07, 6.45) is 3.65. The summed E-state index contributed by atoms with van der Waals surface area (Å²) in [6, 6.07) is 11.1. The molecule has 4 rings (SSSR count). The highest BCUT2D eigenvalue weighted by Gasteiger charge is 2.33. The lowest BCUT2D eigenvalue weighted by Crippen LogP contribution is -2.41. The number of nitrogens with one attached hydrogen (secondary N) is 1. The minimum Gasteiger partial charge on any atom is -0.455 e. The molecule has 0 saturated carbocycles. The zero-order valence-electron chi connectivity index (χ0n) is 18.3. The average molecular weight is 475 g/mol. The number of aryl methyl sites for hydroxylation is 2.